The van der Waals surface area contributed by atoms with E-state index in [9.17, 15) is 4.79 Å². The Morgan fingerprint density at radius 3 is 2.89 bits per heavy atom. The van der Waals surface area contributed by atoms with E-state index >= 15 is 0 Å². The first kappa shape index (κ1) is 15.7. The molecule has 6 nitrogen and oxygen atoms in total. The Morgan fingerprint density at radius 2 is 2.21 bits per heavy atom. The third kappa shape index (κ3) is 5.44. The van der Waals surface area contributed by atoms with Crippen LogP contribution in [0.25, 0.3) is 0 Å². The summed E-state index contributed by atoms with van der Waals surface area (Å²) in [5.74, 6) is 0.134. The zero-order chi connectivity index (χ0) is 14.1. The highest BCUT2D eigenvalue weighted by atomic mass is 32.1. The van der Waals surface area contributed by atoms with Crippen LogP contribution in [0.3, 0.4) is 0 Å². The average Bonchev–Trinajstić information content (AvgIpc) is 2.77. The Hall–Kier alpha value is -1.34. The van der Waals surface area contributed by atoms with Gasteiger partial charge in [0.2, 0.25) is 0 Å². The molecule has 1 aromatic heterocycles. The second kappa shape index (κ2) is 8.71. The van der Waals surface area contributed by atoms with Crippen molar-refractivity contribution >= 4 is 28.2 Å². The quantitative estimate of drug-likeness (QED) is 0.601. The standard InChI is InChI=1S/C12H22N4O2S/c1-3-6-15-12-16-10(13)9(19-12)11(17)14-7-4-5-8-18-2/h3-8,13H2,1-2H3,(H,14,17)(H,15,16). The van der Waals surface area contributed by atoms with Crippen LogP contribution in [-0.2, 0) is 4.74 Å². The van der Waals surface area contributed by atoms with Gasteiger partial charge in [0, 0.05) is 26.8 Å². The smallest absolute Gasteiger partial charge is 0.265 e. The second-order valence-corrected chi connectivity index (χ2v) is 5.12. The molecule has 0 aliphatic heterocycles. The van der Waals surface area contributed by atoms with Gasteiger partial charge in [0.25, 0.3) is 5.91 Å². The minimum absolute atomic E-state index is 0.156. The lowest BCUT2D eigenvalue weighted by Gasteiger charge is -2.03. The molecule has 0 saturated heterocycles. The predicted octanol–water partition coefficient (Wildman–Crippen LogP) is 1.70. The highest BCUT2D eigenvalue weighted by molar-refractivity contribution is 7.18. The number of aromatic nitrogens is 1. The first-order valence-corrected chi connectivity index (χ1v) is 7.28. The van der Waals surface area contributed by atoms with Crippen molar-refractivity contribution in [3.05, 3.63) is 4.88 Å². The number of nitrogens with zero attached hydrogens (tertiary/aromatic N) is 1. The fraction of sp³-hybridized carbons (Fsp3) is 0.667. The average molecular weight is 286 g/mol. The minimum Gasteiger partial charge on any atom is -0.385 e. The Morgan fingerprint density at radius 1 is 1.42 bits per heavy atom. The summed E-state index contributed by atoms with van der Waals surface area (Å²) in [4.78, 5) is 16.5. The zero-order valence-corrected chi connectivity index (χ0v) is 12.3. The maximum atomic E-state index is 11.9. The van der Waals surface area contributed by atoms with Crippen LogP contribution in [-0.4, -0.2) is 37.7 Å². The van der Waals surface area contributed by atoms with Crippen LogP contribution < -0.4 is 16.4 Å². The first-order chi connectivity index (χ1) is 9.19. The van der Waals surface area contributed by atoms with Crippen molar-refractivity contribution in [1.29, 1.82) is 0 Å². The lowest BCUT2D eigenvalue weighted by molar-refractivity contribution is 0.0956. The Balaban J connectivity index is 2.41. The summed E-state index contributed by atoms with van der Waals surface area (Å²) in [6.07, 6.45) is 2.82. The van der Waals surface area contributed by atoms with Crippen molar-refractivity contribution in [2.75, 3.05) is 37.9 Å². The van der Waals surface area contributed by atoms with E-state index in [0.717, 1.165) is 25.8 Å². The molecule has 1 aromatic rings. The molecule has 0 bridgehead atoms. The van der Waals surface area contributed by atoms with Crippen LogP contribution >= 0.6 is 11.3 Å². The number of rotatable bonds is 9. The molecule has 0 aliphatic rings. The molecular weight excluding hydrogens is 264 g/mol. The second-order valence-electron chi connectivity index (χ2n) is 4.12. The third-order valence-corrected chi connectivity index (χ3v) is 3.47. The normalized spacial score (nSPS) is 10.4. The van der Waals surface area contributed by atoms with E-state index in [2.05, 4.69) is 22.5 Å². The third-order valence-electron chi connectivity index (χ3n) is 2.45. The van der Waals surface area contributed by atoms with E-state index < -0.39 is 0 Å². The molecule has 0 radical (unpaired) electrons. The zero-order valence-electron chi connectivity index (χ0n) is 11.5. The van der Waals surface area contributed by atoms with Crippen molar-refractivity contribution in [2.24, 2.45) is 0 Å². The van der Waals surface area contributed by atoms with E-state index in [1.807, 2.05) is 0 Å². The van der Waals surface area contributed by atoms with Crippen LogP contribution in [0.5, 0.6) is 0 Å². The van der Waals surface area contributed by atoms with Crippen LogP contribution in [0.2, 0.25) is 0 Å². The molecule has 1 rings (SSSR count). The van der Waals surface area contributed by atoms with Crippen LogP contribution in [0.4, 0.5) is 10.9 Å². The van der Waals surface area contributed by atoms with Crippen molar-refractivity contribution in [3.63, 3.8) is 0 Å². The molecule has 1 heterocycles. The molecule has 0 spiro atoms. The monoisotopic (exact) mass is 286 g/mol. The number of carbonyl (C=O) groups is 1. The molecule has 0 aromatic carbocycles. The van der Waals surface area contributed by atoms with Gasteiger partial charge in [-0.25, -0.2) is 4.98 Å². The van der Waals surface area contributed by atoms with E-state index in [0.29, 0.717) is 23.2 Å². The number of ether oxygens (including phenoxy) is 1. The van der Waals surface area contributed by atoms with Crippen LogP contribution in [0, 0.1) is 0 Å². The summed E-state index contributed by atoms with van der Waals surface area (Å²) in [6, 6.07) is 0. The number of hydrogen-bond acceptors (Lipinski definition) is 6. The lowest BCUT2D eigenvalue weighted by atomic mass is 10.3. The molecule has 1 amide bonds. The van der Waals surface area contributed by atoms with E-state index in [1.54, 1.807) is 7.11 Å². The number of nitrogens with two attached hydrogens (primary N) is 1. The van der Waals surface area contributed by atoms with E-state index in [4.69, 9.17) is 10.5 Å². The maximum Gasteiger partial charge on any atom is 0.265 e. The van der Waals surface area contributed by atoms with Crippen molar-refractivity contribution in [2.45, 2.75) is 26.2 Å². The predicted molar refractivity (Wildman–Crippen MR) is 78.8 cm³/mol. The van der Waals surface area contributed by atoms with Gasteiger partial charge in [-0.15, -0.1) is 0 Å². The van der Waals surface area contributed by atoms with Crippen molar-refractivity contribution in [3.8, 4) is 0 Å². The molecule has 4 N–H and O–H groups in total. The fourth-order valence-corrected chi connectivity index (χ4v) is 2.28. The topological polar surface area (TPSA) is 89.3 Å². The summed E-state index contributed by atoms with van der Waals surface area (Å²) >= 11 is 1.29. The number of nitrogens with one attached hydrogen (secondary N) is 2. The molecule has 0 saturated carbocycles. The van der Waals surface area contributed by atoms with Gasteiger partial charge in [-0.05, 0) is 19.3 Å². The number of methoxy groups -OCH3 is 1. The van der Waals surface area contributed by atoms with Gasteiger partial charge in [-0.2, -0.15) is 0 Å². The Labute approximate surface area is 117 Å². The molecule has 0 fully saturated rings. The number of thiazole rings is 1. The number of hydrogen-bond donors (Lipinski definition) is 3. The number of unbranched alkanes of at least 4 members (excludes halogenated alkanes) is 1. The van der Waals surface area contributed by atoms with Gasteiger partial charge < -0.3 is 21.1 Å². The van der Waals surface area contributed by atoms with Crippen molar-refractivity contribution < 1.29 is 9.53 Å². The number of carbonyl (C=O) groups excluding carboxylic acids is 1. The molecule has 0 unspecified atom stereocenters. The van der Waals surface area contributed by atoms with Crippen molar-refractivity contribution in [1.82, 2.24) is 10.3 Å². The number of amides is 1. The Bertz CT molecular complexity index is 395. The van der Waals surface area contributed by atoms with Crippen LogP contribution in [0.15, 0.2) is 0 Å². The summed E-state index contributed by atoms with van der Waals surface area (Å²) < 4.78 is 4.94. The van der Waals surface area contributed by atoms with Gasteiger partial charge >= 0.3 is 0 Å². The van der Waals surface area contributed by atoms with Gasteiger partial charge in [0.15, 0.2) is 5.13 Å². The number of nitrogen functional groups attached to an aromatic ring is 1. The summed E-state index contributed by atoms with van der Waals surface area (Å²) in [7, 11) is 1.67. The summed E-state index contributed by atoms with van der Waals surface area (Å²) in [6.45, 7) is 4.23. The van der Waals surface area contributed by atoms with E-state index in [-0.39, 0.29) is 11.7 Å². The minimum atomic E-state index is -0.156. The maximum absolute atomic E-state index is 11.9. The Kier molecular flexibility index (Phi) is 7.20. The highest BCUT2D eigenvalue weighted by Crippen LogP contribution is 2.24. The first-order valence-electron chi connectivity index (χ1n) is 6.46. The van der Waals surface area contributed by atoms with E-state index in [1.165, 1.54) is 11.3 Å². The lowest BCUT2D eigenvalue weighted by Crippen LogP contribution is -2.24. The molecule has 108 valence electrons. The molecule has 0 aliphatic carbocycles. The molecule has 7 heteroatoms. The van der Waals surface area contributed by atoms with Gasteiger partial charge in [-0.1, -0.05) is 18.3 Å². The number of anilines is 2. The summed E-state index contributed by atoms with van der Waals surface area (Å²) in [5.41, 5.74) is 5.74. The molecule has 0 atom stereocenters. The van der Waals surface area contributed by atoms with Gasteiger partial charge in [0.05, 0.1) is 0 Å². The van der Waals surface area contributed by atoms with Crippen LogP contribution in [0.1, 0.15) is 35.9 Å². The SMILES string of the molecule is CCCNc1nc(N)c(C(=O)NCCCCOC)s1. The van der Waals surface area contributed by atoms with Gasteiger partial charge in [0.1, 0.15) is 10.7 Å². The summed E-state index contributed by atoms with van der Waals surface area (Å²) in [5, 5.41) is 6.66. The molecule has 19 heavy (non-hydrogen) atoms. The highest BCUT2D eigenvalue weighted by Gasteiger charge is 2.15. The molecular formula is C12H22N4O2S. The van der Waals surface area contributed by atoms with Gasteiger partial charge in [-0.3, -0.25) is 4.79 Å². The largest absolute Gasteiger partial charge is 0.385 e. The fourth-order valence-electron chi connectivity index (χ4n) is 1.46.